The molecule has 4 aliphatic rings. The number of piperazine rings is 1. The van der Waals surface area contributed by atoms with Gasteiger partial charge in [0.05, 0.1) is 11.4 Å². The number of halogens is 1. The van der Waals surface area contributed by atoms with Gasteiger partial charge in [0.2, 0.25) is 0 Å². The van der Waals surface area contributed by atoms with Crippen LogP contribution in [0.25, 0.3) is 16.9 Å². The molecule has 6 nitrogen and oxygen atoms in total. The summed E-state index contributed by atoms with van der Waals surface area (Å²) in [5.41, 5.74) is 4.19. The summed E-state index contributed by atoms with van der Waals surface area (Å²) in [5, 5.41) is 0.723. The molecule has 3 unspecified atom stereocenters. The van der Waals surface area contributed by atoms with Gasteiger partial charge in [0.1, 0.15) is 11.8 Å². The number of amides is 1. The summed E-state index contributed by atoms with van der Waals surface area (Å²) in [4.78, 5) is 22.3. The highest BCUT2D eigenvalue weighted by Crippen LogP contribution is 2.36. The SMILES string of the molecule is O=C(C1CCCO1)N1C2CC1CN(Cc1c(-c3ccc(Cl)cc3)nc3ccccn13)C2. The first-order valence-corrected chi connectivity index (χ1v) is 11.4. The summed E-state index contributed by atoms with van der Waals surface area (Å²) in [7, 11) is 0. The van der Waals surface area contributed by atoms with Crippen molar-refractivity contribution in [2.45, 2.75) is 44.0 Å². The highest BCUT2D eigenvalue weighted by molar-refractivity contribution is 6.30. The number of fused-ring (bicyclic) bond motifs is 3. The molecule has 7 heteroatoms. The minimum atomic E-state index is -0.216. The lowest BCUT2D eigenvalue weighted by Crippen LogP contribution is -2.71. The van der Waals surface area contributed by atoms with Crippen molar-refractivity contribution in [3.8, 4) is 11.3 Å². The van der Waals surface area contributed by atoms with Gasteiger partial charge in [-0.1, -0.05) is 29.8 Å². The number of ether oxygens (including phenoxy) is 1. The minimum absolute atomic E-state index is 0.204. The van der Waals surface area contributed by atoms with Crippen LogP contribution in [0.5, 0.6) is 0 Å². The lowest BCUT2D eigenvalue weighted by Gasteiger charge is -2.56. The lowest BCUT2D eigenvalue weighted by molar-refractivity contribution is -0.164. The monoisotopic (exact) mass is 436 g/mol. The third kappa shape index (κ3) is 3.34. The molecule has 4 saturated heterocycles. The van der Waals surface area contributed by atoms with E-state index in [0.29, 0.717) is 18.7 Å². The predicted octanol–water partition coefficient (Wildman–Crippen LogP) is 3.62. The van der Waals surface area contributed by atoms with Crippen LogP contribution in [0.3, 0.4) is 0 Å². The average Bonchev–Trinajstić information content (AvgIpc) is 3.43. The summed E-state index contributed by atoms with van der Waals surface area (Å²) < 4.78 is 7.82. The van der Waals surface area contributed by atoms with Crippen LogP contribution < -0.4 is 0 Å². The van der Waals surface area contributed by atoms with Gasteiger partial charge >= 0.3 is 0 Å². The first kappa shape index (κ1) is 19.3. The molecule has 3 atom stereocenters. The van der Waals surface area contributed by atoms with Crippen molar-refractivity contribution < 1.29 is 9.53 Å². The largest absolute Gasteiger partial charge is 0.368 e. The second-order valence-corrected chi connectivity index (χ2v) is 9.26. The van der Waals surface area contributed by atoms with Gasteiger partial charge < -0.3 is 14.0 Å². The Labute approximate surface area is 186 Å². The number of rotatable bonds is 4. The second-order valence-electron chi connectivity index (χ2n) is 8.83. The van der Waals surface area contributed by atoms with E-state index in [9.17, 15) is 4.79 Å². The summed E-state index contributed by atoms with van der Waals surface area (Å²) in [6.45, 7) is 3.32. The minimum Gasteiger partial charge on any atom is -0.368 e. The molecule has 160 valence electrons. The molecule has 3 aromatic rings. The van der Waals surface area contributed by atoms with E-state index in [-0.39, 0.29) is 12.0 Å². The van der Waals surface area contributed by atoms with Crippen molar-refractivity contribution >= 4 is 23.2 Å². The van der Waals surface area contributed by atoms with E-state index in [4.69, 9.17) is 21.3 Å². The van der Waals surface area contributed by atoms with Gasteiger partial charge in [-0.3, -0.25) is 9.69 Å². The van der Waals surface area contributed by atoms with Crippen molar-refractivity contribution in [1.82, 2.24) is 19.2 Å². The molecule has 0 aliphatic carbocycles. The van der Waals surface area contributed by atoms with Crippen molar-refractivity contribution in [1.29, 1.82) is 0 Å². The van der Waals surface area contributed by atoms with Crippen molar-refractivity contribution in [3.05, 3.63) is 59.4 Å². The molecule has 6 heterocycles. The summed E-state index contributed by atoms with van der Waals surface area (Å²) in [6.07, 6.45) is 4.83. The van der Waals surface area contributed by atoms with Crippen LogP contribution in [0.15, 0.2) is 48.7 Å². The van der Waals surface area contributed by atoms with Gasteiger partial charge in [-0.2, -0.15) is 0 Å². The van der Waals surface area contributed by atoms with Crippen LogP contribution in [0.4, 0.5) is 0 Å². The third-order valence-corrected chi connectivity index (χ3v) is 7.10. The van der Waals surface area contributed by atoms with Gasteiger partial charge in [0.25, 0.3) is 5.91 Å². The van der Waals surface area contributed by atoms with E-state index < -0.39 is 0 Å². The van der Waals surface area contributed by atoms with Crippen LogP contribution in [0.1, 0.15) is 25.0 Å². The number of hydrogen-bond donors (Lipinski definition) is 0. The predicted molar refractivity (Wildman–Crippen MR) is 119 cm³/mol. The number of piperidine rings is 1. The number of imidazole rings is 1. The summed E-state index contributed by atoms with van der Waals surface area (Å²) in [6, 6.07) is 14.6. The molecule has 1 aromatic carbocycles. The summed E-state index contributed by atoms with van der Waals surface area (Å²) >= 11 is 6.11. The number of carbonyl (C=O) groups is 1. The molecule has 4 aliphatic heterocycles. The number of carbonyl (C=O) groups excluding carboxylic acids is 1. The van der Waals surface area contributed by atoms with E-state index in [0.717, 1.165) is 60.8 Å². The second kappa shape index (κ2) is 7.62. The van der Waals surface area contributed by atoms with Gasteiger partial charge in [-0.25, -0.2) is 4.98 Å². The normalized spacial score (nSPS) is 25.7. The highest BCUT2D eigenvalue weighted by Gasteiger charge is 2.49. The van der Waals surface area contributed by atoms with Gasteiger partial charge in [0, 0.05) is 55.1 Å². The van der Waals surface area contributed by atoms with E-state index >= 15 is 0 Å². The van der Waals surface area contributed by atoms with Gasteiger partial charge in [-0.15, -0.1) is 0 Å². The van der Waals surface area contributed by atoms with Crippen LogP contribution in [0.2, 0.25) is 5.02 Å². The Morgan fingerprint density at radius 2 is 1.94 bits per heavy atom. The fourth-order valence-electron chi connectivity index (χ4n) is 5.37. The zero-order valence-corrected chi connectivity index (χ0v) is 18.0. The van der Waals surface area contributed by atoms with E-state index in [1.165, 1.54) is 5.69 Å². The smallest absolute Gasteiger partial charge is 0.252 e. The zero-order valence-electron chi connectivity index (χ0n) is 17.3. The maximum absolute atomic E-state index is 12.9. The molecule has 2 bridgehead atoms. The van der Waals surface area contributed by atoms with Crippen molar-refractivity contribution in [2.75, 3.05) is 19.7 Å². The molecule has 1 amide bonds. The van der Waals surface area contributed by atoms with Crippen LogP contribution >= 0.6 is 11.6 Å². The van der Waals surface area contributed by atoms with E-state index in [2.05, 4.69) is 20.4 Å². The van der Waals surface area contributed by atoms with Crippen LogP contribution in [0, 0.1) is 0 Å². The number of aromatic nitrogens is 2. The molecule has 2 aromatic heterocycles. The molecule has 4 fully saturated rings. The highest BCUT2D eigenvalue weighted by atomic mass is 35.5. The first-order chi connectivity index (χ1) is 15.2. The first-order valence-electron chi connectivity index (χ1n) is 11.1. The van der Waals surface area contributed by atoms with Gasteiger partial charge in [-0.05, 0) is 43.5 Å². The molecule has 0 spiro atoms. The molecule has 0 saturated carbocycles. The molecular weight excluding hydrogens is 412 g/mol. The fourth-order valence-corrected chi connectivity index (χ4v) is 5.50. The number of nitrogens with zero attached hydrogens (tertiary/aromatic N) is 4. The molecule has 31 heavy (non-hydrogen) atoms. The zero-order chi connectivity index (χ0) is 20.9. The molecule has 0 N–H and O–H groups in total. The Morgan fingerprint density at radius 3 is 2.68 bits per heavy atom. The molecular formula is C24H25ClN4O2. The maximum Gasteiger partial charge on any atom is 0.252 e. The van der Waals surface area contributed by atoms with Crippen molar-refractivity contribution in [2.24, 2.45) is 0 Å². The third-order valence-electron chi connectivity index (χ3n) is 6.85. The number of benzene rings is 1. The molecule has 7 rings (SSSR count). The van der Waals surface area contributed by atoms with Crippen LogP contribution in [-0.4, -0.2) is 63.0 Å². The quantitative estimate of drug-likeness (QED) is 0.626. The Kier molecular flexibility index (Phi) is 4.74. The Hall–Kier alpha value is -2.41. The Bertz CT molecular complexity index is 1110. The topological polar surface area (TPSA) is 50.1 Å². The number of pyridine rings is 1. The van der Waals surface area contributed by atoms with Gasteiger partial charge in [0.15, 0.2) is 0 Å². The number of hydrogen-bond acceptors (Lipinski definition) is 4. The maximum atomic E-state index is 12.9. The molecule has 0 radical (unpaired) electrons. The van der Waals surface area contributed by atoms with Crippen LogP contribution in [-0.2, 0) is 16.1 Å². The summed E-state index contributed by atoms with van der Waals surface area (Å²) in [5.74, 6) is 0.204. The van der Waals surface area contributed by atoms with E-state index in [1.807, 2.05) is 42.5 Å². The standard InChI is InChI=1S/C24H25ClN4O2/c25-17-8-6-16(7-9-17)23-20(28-10-2-1-5-22(28)26-23)15-27-13-18-12-19(14-27)29(18)24(30)21-4-3-11-31-21/h1-2,5-10,18-19,21H,3-4,11-15H2. The lowest BCUT2D eigenvalue weighted by atomic mass is 9.86. The Morgan fingerprint density at radius 1 is 1.13 bits per heavy atom. The average molecular weight is 437 g/mol. The van der Waals surface area contributed by atoms with E-state index in [1.54, 1.807) is 0 Å². The van der Waals surface area contributed by atoms with Crippen molar-refractivity contribution in [3.63, 3.8) is 0 Å². The fraction of sp³-hybridized carbons (Fsp3) is 0.417. The Balaban J connectivity index is 1.25.